The van der Waals surface area contributed by atoms with Crippen molar-refractivity contribution in [2.45, 2.75) is 38.1 Å². The van der Waals surface area contributed by atoms with E-state index in [2.05, 4.69) is 48.0 Å². The first-order valence-electron chi connectivity index (χ1n) is 7.94. The lowest BCUT2D eigenvalue weighted by Crippen LogP contribution is -2.59. The maximum absolute atomic E-state index is 6.27. The fraction of sp³-hybridized carbons (Fsp3) is 0.647. The topological polar surface area (TPSA) is 32.5 Å². The van der Waals surface area contributed by atoms with E-state index in [0.717, 1.165) is 25.6 Å². The third-order valence-electron chi connectivity index (χ3n) is 5.26. The largest absolute Gasteiger partial charge is 0.371 e. The normalized spacial score (nSPS) is 30.2. The molecule has 1 saturated carbocycles. The number of para-hydroxylation sites is 2. The molecule has 3 rings (SSSR count). The van der Waals surface area contributed by atoms with E-state index in [4.69, 9.17) is 5.73 Å². The van der Waals surface area contributed by atoms with Gasteiger partial charge in [-0.1, -0.05) is 31.9 Å². The Morgan fingerprint density at radius 1 is 1.25 bits per heavy atom. The van der Waals surface area contributed by atoms with Crippen LogP contribution in [0.3, 0.4) is 0 Å². The molecule has 2 unspecified atom stereocenters. The number of fused-ring (bicyclic) bond motifs is 1. The molecule has 20 heavy (non-hydrogen) atoms. The van der Waals surface area contributed by atoms with E-state index in [-0.39, 0.29) is 5.54 Å². The second-order valence-electron chi connectivity index (χ2n) is 6.69. The van der Waals surface area contributed by atoms with Crippen LogP contribution in [0.15, 0.2) is 24.3 Å². The van der Waals surface area contributed by atoms with Crippen molar-refractivity contribution >= 4 is 11.4 Å². The van der Waals surface area contributed by atoms with E-state index in [9.17, 15) is 0 Å². The monoisotopic (exact) mass is 273 g/mol. The number of hydrogen-bond acceptors (Lipinski definition) is 3. The van der Waals surface area contributed by atoms with Gasteiger partial charge in [-0.2, -0.15) is 0 Å². The molecule has 1 aliphatic heterocycles. The Morgan fingerprint density at radius 2 is 2.00 bits per heavy atom. The van der Waals surface area contributed by atoms with Crippen LogP contribution in [-0.2, 0) is 0 Å². The summed E-state index contributed by atoms with van der Waals surface area (Å²) in [5.41, 5.74) is 9.17. The average molecular weight is 273 g/mol. The highest BCUT2D eigenvalue weighted by molar-refractivity contribution is 5.74. The van der Waals surface area contributed by atoms with Crippen LogP contribution in [-0.4, -0.2) is 32.2 Å². The standard InChI is InChI=1S/C17H27N3/c1-14-6-5-9-17(12-14,13-18)20-11-10-19(2)15-7-3-4-8-16(15)20/h3-4,7-8,14H,5-6,9-13,18H2,1-2H3. The summed E-state index contributed by atoms with van der Waals surface area (Å²) in [5.74, 6) is 0.791. The van der Waals surface area contributed by atoms with E-state index in [0.29, 0.717) is 0 Å². The molecule has 0 bridgehead atoms. The Morgan fingerprint density at radius 3 is 2.70 bits per heavy atom. The molecule has 0 aromatic heterocycles. The Kier molecular flexibility index (Phi) is 3.63. The number of nitrogens with two attached hydrogens (primary N) is 1. The molecule has 1 aliphatic carbocycles. The summed E-state index contributed by atoms with van der Waals surface area (Å²) >= 11 is 0. The summed E-state index contributed by atoms with van der Waals surface area (Å²) in [6.45, 7) is 5.34. The van der Waals surface area contributed by atoms with E-state index >= 15 is 0 Å². The van der Waals surface area contributed by atoms with Gasteiger partial charge < -0.3 is 15.5 Å². The lowest BCUT2D eigenvalue weighted by molar-refractivity contribution is 0.226. The molecule has 1 heterocycles. The first-order chi connectivity index (χ1) is 9.66. The van der Waals surface area contributed by atoms with Gasteiger partial charge in [0.15, 0.2) is 0 Å². The van der Waals surface area contributed by atoms with E-state index in [1.807, 2.05) is 0 Å². The number of anilines is 2. The summed E-state index contributed by atoms with van der Waals surface area (Å²) in [7, 11) is 2.19. The molecule has 0 spiro atoms. The van der Waals surface area contributed by atoms with Crippen molar-refractivity contribution in [2.75, 3.05) is 36.5 Å². The molecule has 2 atom stereocenters. The molecule has 3 nitrogen and oxygen atoms in total. The van der Waals surface area contributed by atoms with E-state index in [1.165, 1.54) is 37.1 Å². The molecule has 3 heteroatoms. The number of nitrogens with zero attached hydrogens (tertiary/aromatic N) is 2. The summed E-state index contributed by atoms with van der Waals surface area (Å²) < 4.78 is 0. The molecule has 0 saturated heterocycles. The molecule has 2 aliphatic rings. The molecule has 1 fully saturated rings. The Hall–Kier alpha value is -1.22. The zero-order valence-electron chi connectivity index (χ0n) is 12.8. The maximum atomic E-state index is 6.27. The van der Waals surface area contributed by atoms with Gasteiger partial charge in [0.1, 0.15) is 0 Å². The molecule has 0 radical (unpaired) electrons. The Labute approximate surface area is 122 Å². The van der Waals surface area contributed by atoms with Crippen LogP contribution in [0.5, 0.6) is 0 Å². The first-order valence-corrected chi connectivity index (χ1v) is 7.94. The minimum atomic E-state index is 0.176. The van der Waals surface area contributed by atoms with Gasteiger partial charge in [0.05, 0.1) is 16.9 Å². The minimum absolute atomic E-state index is 0.176. The van der Waals surface area contributed by atoms with Crippen LogP contribution in [0, 0.1) is 5.92 Å². The highest BCUT2D eigenvalue weighted by Crippen LogP contribution is 2.43. The number of likely N-dealkylation sites (N-methyl/N-ethyl adjacent to an activating group) is 1. The molecule has 1 aromatic carbocycles. The van der Waals surface area contributed by atoms with Crippen LogP contribution in [0.2, 0.25) is 0 Å². The lowest BCUT2D eigenvalue weighted by atomic mass is 9.74. The van der Waals surface area contributed by atoms with Crippen LogP contribution in [0.25, 0.3) is 0 Å². The lowest BCUT2D eigenvalue weighted by Gasteiger charge is -2.52. The van der Waals surface area contributed by atoms with Crippen LogP contribution in [0.1, 0.15) is 32.6 Å². The maximum Gasteiger partial charge on any atom is 0.0609 e. The van der Waals surface area contributed by atoms with Gasteiger partial charge in [0.25, 0.3) is 0 Å². The fourth-order valence-electron chi connectivity index (χ4n) is 4.17. The van der Waals surface area contributed by atoms with Gasteiger partial charge in [-0.15, -0.1) is 0 Å². The summed E-state index contributed by atoms with van der Waals surface area (Å²) in [4.78, 5) is 4.99. The van der Waals surface area contributed by atoms with Crippen LogP contribution < -0.4 is 15.5 Å². The second kappa shape index (κ2) is 5.28. The third kappa shape index (κ3) is 2.18. The summed E-state index contributed by atoms with van der Waals surface area (Å²) in [6, 6.07) is 8.79. The van der Waals surface area contributed by atoms with Crippen molar-refractivity contribution in [1.29, 1.82) is 0 Å². The van der Waals surface area contributed by atoms with Crippen molar-refractivity contribution in [1.82, 2.24) is 0 Å². The predicted octanol–water partition coefficient (Wildman–Crippen LogP) is 2.85. The SMILES string of the molecule is CC1CCCC(CN)(N2CCN(C)c3ccccc32)C1. The Balaban J connectivity index is 1.99. The van der Waals surface area contributed by atoms with Gasteiger partial charge in [-0.05, 0) is 30.9 Å². The van der Waals surface area contributed by atoms with Gasteiger partial charge in [0.2, 0.25) is 0 Å². The molecule has 0 amide bonds. The number of rotatable bonds is 2. The van der Waals surface area contributed by atoms with E-state index < -0.39 is 0 Å². The molecular weight excluding hydrogens is 246 g/mol. The molecule has 2 N–H and O–H groups in total. The Bertz CT molecular complexity index is 473. The third-order valence-corrected chi connectivity index (χ3v) is 5.26. The molecule has 1 aromatic rings. The summed E-state index contributed by atoms with van der Waals surface area (Å²) in [6.07, 6.45) is 5.15. The van der Waals surface area contributed by atoms with Gasteiger partial charge in [-0.25, -0.2) is 0 Å². The molecule has 110 valence electrons. The average Bonchev–Trinajstić information content (AvgIpc) is 2.48. The highest BCUT2D eigenvalue weighted by Gasteiger charge is 2.41. The van der Waals surface area contributed by atoms with Crippen LogP contribution in [0.4, 0.5) is 11.4 Å². The number of hydrogen-bond donors (Lipinski definition) is 1. The van der Waals surface area contributed by atoms with Gasteiger partial charge >= 0.3 is 0 Å². The minimum Gasteiger partial charge on any atom is -0.371 e. The zero-order chi connectivity index (χ0) is 14.2. The second-order valence-corrected chi connectivity index (χ2v) is 6.69. The molecular formula is C17H27N3. The van der Waals surface area contributed by atoms with E-state index in [1.54, 1.807) is 0 Å². The van der Waals surface area contributed by atoms with Crippen molar-refractivity contribution in [3.05, 3.63) is 24.3 Å². The van der Waals surface area contributed by atoms with Crippen LogP contribution >= 0.6 is 0 Å². The van der Waals surface area contributed by atoms with Crippen molar-refractivity contribution < 1.29 is 0 Å². The van der Waals surface area contributed by atoms with Crippen molar-refractivity contribution in [3.63, 3.8) is 0 Å². The van der Waals surface area contributed by atoms with Crippen molar-refractivity contribution in [3.8, 4) is 0 Å². The van der Waals surface area contributed by atoms with Crippen molar-refractivity contribution in [2.24, 2.45) is 11.7 Å². The smallest absolute Gasteiger partial charge is 0.0609 e. The quantitative estimate of drug-likeness (QED) is 0.899. The van der Waals surface area contributed by atoms with Gasteiger partial charge in [-0.3, -0.25) is 0 Å². The zero-order valence-corrected chi connectivity index (χ0v) is 12.8. The highest BCUT2D eigenvalue weighted by atomic mass is 15.3. The predicted molar refractivity (Wildman–Crippen MR) is 86.5 cm³/mol. The van der Waals surface area contributed by atoms with Gasteiger partial charge in [0, 0.05) is 26.7 Å². The summed E-state index contributed by atoms with van der Waals surface area (Å²) in [5, 5.41) is 0. The first kappa shape index (κ1) is 13.7. The fourth-order valence-corrected chi connectivity index (χ4v) is 4.17. The number of benzene rings is 1.